The molecule has 4 rings (SSSR count). The topological polar surface area (TPSA) is 65.0 Å². The van der Waals surface area contributed by atoms with Gasteiger partial charge in [0.15, 0.2) is 6.61 Å². The molecule has 0 atom stereocenters. The molecule has 1 N–H and O–H groups in total. The summed E-state index contributed by atoms with van der Waals surface area (Å²) < 4.78 is 16.2. The smallest absolute Gasteiger partial charge is 0.341 e. The Morgan fingerprint density at radius 1 is 0.935 bits per heavy atom. The molecule has 0 amide bonds. The highest BCUT2D eigenvalue weighted by molar-refractivity contribution is 5.87. The Kier molecular flexibility index (Phi) is 5.94. The van der Waals surface area contributed by atoms with Crippen LogP contribution in [0.4, 0.5) is 0 Å². The number of aliphatic carboxylic acids is 1. The van der Waals surface area contributed by atoms with Crippen molar-refractivity contribution in [2.45, 2.75) is 12.8 Å². The van der Waals surface area contributed by atoms with Crippen LogP contribution in [-0.2, 0) is 17.6 Å². The number of methoxy groups -OCH3 is 2. The molecule has 3 aromatic carbocycles. The molecule has 1 aliphatic carbocycles. The monoisotopic (exact) mass is 416 g/mol. The Hall–Kier alpha value is -3.73. The van der Waals surface area contributed by atoms with Crippen molar-refractivity contribution in [3.8, 4) is 28.4 Å². The Bertz CT molecular complexity index is 1120. The fraction of sp³-hybridized carbons (Fsp3) is 0.192. The lowest BCUT2D eigenvalue weighted by molar-refractivity contribution is -0.139. The normalized spacial score (nSPS) is 12.1. The van der Waals surface area contributed by atoms with E-state index in [2.05, 4.69) is 24.3 Å². The molecule has 5 nitrogen and oxygen atoms in total. The zero-order valence-corrected chi connectivity index (χ0v) is 17.6. The molecule has 0 radical (unpaired) electrons. The molecule has 3 aromatic rings. The molecule has 0 bridgehead atoms. The van der Waals surface area contributed by atoms with Crippen molar-refractivity contribution in [3.63, 3.8) is 0 Å². The molecule has 0 spiro atoms. The largest absolute Gasteiger partial charge is 0.497 e. The number of allylic oxidation sites excluding steroid dienone is 2. The SMILES string of the molecule is COc1cc(CC2=CCc3cccc(-c4cccc(OCC(=O)O)c4)c32)cc(OC)c1. The van der Waals surface area contributed by atoms with E-state index in [-0.39, 0.29) is 6.61 Å². The zero-order chi connectivity index (χ0) is 21.8. The average molecular weight is 416 g/mol. The third kappa shape index (κ3) is 4.56. The Balaban J connectivity index is 1.68. The minimum Gasteiger partial charge on any atom is -0.497 e. The summed E-state index contributed by atoms with van der Waals surface area (Å²) >= 11 is 0. The molecule has 0 unspecified atom stereocenters. The maximum Gasteiger partial charge on any atom is 0.341 e. The third-order valence-corrected chi connectivity index (χ3v) is 5.35. The van der Waals surface area contributed by atoms with E-state index in [0.717, 1.165) is 41.0 Å². The van der Waals surface area contributed by atoms with Crippen LogP contribution in [-0.4, -0.2) is 31.9 Å². The summed E-state index contributed by atoms with van der Waals surface area (Å²) in [5.74, 6) is 1.08. The molecular formula is C26H24O5. The summed E-state index contributed by atoms with van der Waals surface area (Å²) in [5.41, 5.74) is 6.97. The van der Waals surface area contributed by atoms with Gasteiger partial charge in [-0.2, -0.15) is 0 Å². The quantitative estimate of drug-likeness (QED) is 0.559. The molecule has 0 aromatic heterocycles. The molecule has 0 saturated carbocycles. The van der Waals surface area contributed by atoms with Crippen LogP contribution in [0.3, 0.4) is 0 Å². The van der Waals surface area contributed by atoms with Gasteiger partial charge in [0.25, 0.3) is 0 Å². The van der Waals surface area contributed by atoms with Crippen molar-refractivity contribution in [1.82, 2.24) is 0 Å². The van der Waals surface area contributed by atoms with E-state index in [1.807, 2.05) is 36.4 Å². The van der Waals surface area contributed by atoms with Gasteiger partial charge in [0.1, 0.15) is 17.2 Å². The molecule has 31 heavy (non-hydrogen) atoms. The zero-order valence-electron chi connectivity index (χ0n) is 17.6. The number of rotatable bonds is 8. The van der Waals surface area contributed by atoms with Crippen molar-refractivity contribution >= 4 is 11.5 Å². The maximum atomic E-state index is 10.8. The van der Waals surface area contributed by atoms with Gasteiger partial charge >= 0.3 is 5.97 Å². The van der Waals surface area contributed by atoms with E-state index in [0.29, 0.717) is 5.75 Å². The first kappa shape index (κ1) is 20.5. The molecule has 0 heterocycles. The van der Waals surface area contributed by atoms with Crippen LogP contribution in [0.1, 0.15) is 16.7 Å². The summed E-state index contributed by atoms with van der Waals surface area (Å²) in [6.07, 6.45) is 3.91. The minimum absolute atomic E-state index is 0.362. The van der Waals surface area contributed by atoms with Crippen LogP contribution in [0.5, 0.6) is 17.2 Å². The van der Waals surface area contributed by atoms with Crippen LogP contribution >= 0.6 is 0 Å². The Morgan fingerprint density at radius 2 is 1.68 bits per heavy atom. The summed E-state index contributed by atoms with van der Waals surface area (Å²) in [5, 5.41) is 8.89. The second-order valence-corrected chi connectivity index (χ2v) is 7.38. The van der Waals surface area contributed by atoms with Crippen molar-refractivity contribution in [1.29, 1.82) is 0 Å². The molecule has 158 valence electrons. The van der Waals surface area contributed by atoms with Crippen LogP contribution in [0.25, 0.3) is 16.7 Å². The van der Waals surface area contributed by atoms with Gasteiger partial charge in [-0.15, -0.1) is 0 Å². The van der Waals surface area contributed by atoms with Gasteiger partial charge < -0.3 is 19.3 Å². The second-order valence-electron chi connectivity index (χ2n) is 7.38. The van der Waals surface area contributed by atoms with Gasteiger partial charge in [-0.3, -0.25) is 0 Å². The van der Waals surface area contributed by atoms with Gasteiger partial charge in [0.2, 0.25) is 0 Å². The fourth-order valence-electron chi connectivity index (χ4n) is 3.97. The average Bonchev–Trinajstić information content (AvgIpc) is 3.20. The van der Waals surface area contributed by atoms with Crippen molar-refractivity contribution in [2.75, 3.05) is 20.8 Å². The standard InChI is InChI=1S/C26H24O5/c1-29-22-12-17(13-23(15-22)30-2)11-20-10-9-18-5-4-8-24(26(18)20)19-6-3-7-21(14-19)31-16-25(27)28/h3-8,10,12-15H,9,11,16H2,1-2H3,(H,27,28). The number of hydrogen-bond acceptors (Lipinski definition) is 4. The molecule has 0 fully saturated rings. The number of ether oxygens (including phenoxy) is 3. The minimum atomic E-state index is -0.995. The van der Waals surface area contributed by atoms with Crippen LogP contribution in [0.2, 0.25) is 0 Å². The highest BCUT2D eigenvalue weighted by Crippen LogP contribution is 2.39. The Morgan fingerprint density at radius 3 is 2.39 bits per heavy atom. The van der Waals surface area contributed by atoms with Gasteiger partial charge in [-0.05, 0) is 70.5 Å². The first-order valence-corrected chi connectivity index (χ1v) is 10.1. The second kappa shape index (κ2) is 8.96. The molecule has 5 heteroatoms. The van der Waals surface area contributed by atoms with E-state index in [4.69, 9.17) is 19.3 Å². The van der Waals surface area contributed by atoms with E-state index in [1.54, 1.807) is 20.3 Å². The lowest BCUT2D eigenvalue weighted by atomic mass is 9.91. The first-order chi connectivity index (χ1) is 15.1. The molecule has 1 aliphatic rings. The third-order valence-electron chi connectivity index (χ3n) is 5.35. The predicted octanol–water partition coefficient (Wildman–Crippen LogP) is 5.02. The summed E-state index contributed by atoms with van der Waals surface area (Å²) in [7, 11) is 3.31. The molecular weight excluding hydrogens is 392 g/mol. The van der Waals surface area contributed by atoms with E-state index >= 15 is 0 Å². The van der Waals surface area contributed by atoms with Gasteiger partial charge in [0, 0.05) is 6.07 Å². The van der Waals surface area contributed by atoms with Crippen LogP contribution in [0.15, 0.2) is 66.7 Å². The molecule has 0 saturated heterocycles. The van der Waals surface area contributed by atoms with Gasteiger partial charge in [0.05, 0.1) is 14.2 Å². The van der Waals surface area contributed by atoms with Gasteiger partial charge in [-0.1, -0.05) is 36.4 Å². The molecule has 0 aliphatic heterocycles. The predicted molar refractivity (Wildman–Crippen MR) is 120 cm³/mol. The summed E-state index contributed by atoms with van der Waals surface area (Å²) in [6, 6.07) is 19.8. The van der Waals surface area contributed by atoms with E-state index in [9.17, 15) is 4.79 Å². The highest BCUT2D eigenvalue weighted by Gasteiger charge is 2.20. The van der Waals surface area contributed by atoms with Crippen LogP contribution < -0.4 is 14.2 Å². The highest BCUT2D eigenvalue weighted by atomic mass is 16.5. The number of benzene rings is 3. The summed E-state index contributed by atoms with van der Waals surface area (Å²) in [6.45, 7) is -0.362. The number of fused-ring (bicyclic) bond motifs is 1. The number of carboxylic acids is 1. The Labute approximate surface area is 181 Å². The van der Waals surface area contributed by atoms with E-state index in [1.165, 1.54) is 16.7 Å². The summed E-state index contributed by atoms with van der Waals surface area (Å²) in [4.78, 5) is 10.8. The van der Waals surface area contributed by atoms with Crippen molar-refractivity contribution in [2.24, 2.45) is 0 Å². The van der Waals surface area contributed by atoms with Crippen molar-refractivity contribution in [3.05, 3.63) is 83.4 Å². The maximum absolute atomic E-state index is 10.8. The van der Waals surface area contributed by atoms with Gasteiger partial charge in [-0.25, -0.2) is 4.79 Å². The fourth-order valence-corrected chi connectivity index (χ4v) is 3.97. The number of carboxylic acid groups (broad SMARTS) is 1. The first-order valence-electron chi connectivity index (χ1n) is 10.1. The van der Waals surface area contributed by atoms with Crippen LogP contribution in [0, 0.1) is 0 Å². The number of hydrogen-bond donors (Lipinski definition) is 1. The lowest BCUT2D eigenvalue weighted by Gasteiger charge is -2.15. The van der Waals surface area contributed by atoms with E-state index < -0.39 is 5.97 Å². The van der Waals surface area contributed by atoms with Crippen molar-refractivity contribution < 1.29 is 24.1 Å². The lowest BCUT2D eigenvalue weighted by Crippen LogP contribution is -2.09. The number of carbonyl (C=O) groups is 1.